The Morgan fingerprint density at radius 3 is 2.55 bits per heavy atom. The van der Waals surface area contributed by atoms with Crippen molar-refractivity contribution >= 4 is 12.0 Å². The summed E-state index contributed by atoms with van der Waals surface area (Å²) in [5.41, 5.74) is 4.94. The average Bonchev–Trinajstić information content (AvgIpc) is 2.37. The number of likely N-dealkylation sites (tertiary alicyclic amines) is 1. The van der Waals surface area contributed by atoms with Gasteiger partial charge < -0.3 is 20.3 Å². The van der Waals surface area contributed by atoms with Crippen LogP contribution in [0.2, 0.25) is 0 Å². The molecule has 1 atom stereocenters. The molecule has 1 fully saturated rings. The molecule has 1 rings (SSSR count). The number of hydrogen-bond donors (Lipinski definition) is 1. The number of carbonyl (C=O) groups excluding carboxylic acids is 2. The lowest BCUT2D eigenvalue weighted by molar-refractivity contribution is -0.132. The number of ether oxygens (including phenoxy) is 1. The van der Waals surface area contributed by atoms with Gasteiger partial charge in [0, 0.05) is 25.7 Å². The molecule has 116 valence electrons. The molecule has 1 heterocycles. The molecular formula is C14H27N3O3. The quantitative estimate of drug-likeness (QED) is 0.845. The van der Waals surface area contributed by atoms with Crippen LogP contribution in [0.25, 0.3) is 0 Å². The van der Waals surface area contributed by atoms with E-state index in [1.54, 1.807) is 9.80 Å². The first kappa shape index (κ1) is 16.8. The van der Waals surface area contributed by atoms with Crippen LogP contribution < -0.4 is 5.73 Å². The van der Waals surface area contributed by atoms with Crippen LogP contribution in [0.15, 0.2) is 0 Å². The Hall–Kier alpha value is -1.30. The summed E-state index contributed by atoms with van der Waals surface area (Å²) < 4.78 is 5.38. The predicted octanol–water partition coefficient (Wildman–Crippen LogP) is 1.19. The van der Waals surface area contributed by atoms with Gasteiger partial charge in [-0.15, -0.1) is 0 Å². The Morgan fingerprint density at radius 1 is 1.40 bits per heavy atom. The van der Waals surface area contributed by atoms with Gasteiger partial charge in [-0.1, -0.05) is 0 Å². The summed E-state index contributed by atoms with van der Waals surface area (Å²) in [5, 5.41) is 0. The topological polar surface area (TPSA) is 75.9 Å². The summed E-state index contributed by atoms with van der Waals surface area (Å²) in [6.45, 7) is 9.31. The first-order valence-electron chi connectivity index (χ1n) is 7.26. The lowest BCUT2D eigenvalue weighted by Gasteiger charge is -2.39. The molecule has 1 saturated heterocycles. The van der Waals surface area contributed by atoms with Crippen LogP contribution in [0.4, 0.5) is 4.79 Å². The fraction of sp³-hybridized carbons (Fsp3) is 0.857. The molecule has 2 amide bonds. The Balaban J connectivity index is 2.66. The average molecular weight is 285 g/mol. The standard InChI is InChI=1S/C14H27N3O3/c1-5-17(12(18)9-15)11-7-6-8-16(10-11)13(19)20-14(2,3)4/h11H,5-10,15H2,1-4H3/t11-/m0/s1. The highest BCUT2D eigenvalue weighted by Crippen LogP contribution is 2.18. The lowest BCUT2D eigenvalue weighted by Crippen LogP contribution is -2.53. The SMILES string of the molecule is CCN(C(=O)CN)[C@H]1CCCN(C(=O)OC(C)(C)C)C1. The number of carbonyl (C=O) groups is 2. The van der Waals surface area contributed by atoms with Gasteiger partial charge in [-0.3, -0.25) is 4.79 Å². The minimum atomic E-state index is -0.498. The number of likely N-dealkylation sites (N-methyl/N-ethyl adjacent to an activating group) is 1. The van der Waals surface area contributed by atoms with E-state index in [0.717, 1.165) is 12.8 Å². The molecule has 0 aromatic carbocycles. The fourth-order valence-electron chi connectivity index (χ4n) is 2.46. The molecule has 0 radical (unpaired) electrons. The minimum Gasteiger partial charge on any atom is -0.444 e. The molecule has 2 N–H and O–H groups in total. The van der Waals surface area contributed by atoms with Crippen molar-refractivity contribution in [2.24, 2.45) is 5.73 Å². The molecule has 1 aliphatic heterocycles. The van der Waals surface area contributed by atoms with Crippen LogP contribution in [0.3, 0.4) is 0 Å². The van der Waals surface area contributed by atoms with Crippen molar-refractivity contribution in [2.45, 2.75) is 52.2 Å². The van der Waals surface area contributed by atoms with Crippen molar-refractivity contribution in [2.75, 3.05) is 26.2 Å². The number of nitrogens with two attached hydrogens (primary N) is 1. The zero-order chi connectivity index (χ0) is 15.3. The van der Waals surface area contributed by atoms with Gasteiger partial charge in [0.25, 0.3) is 0 Å². The van der Waals surface area contributed by atoms with Crippen LogP contribution in [0.5, 0.6) is 0 Å². The van der Waals surface area contributed by atoms with E-state index in [2.05, 4.69) is 0 Å². The molecule has 20 heavy (non-hydrogen) atoms. The summed E-state index contributed by atoms with van der Waals surface area (Å²) in [6, 6.07) is 0.0392. The van der Waals surface area contributed by atoms with Crippen LogP contribution in [-0.2, 0) is 9.53 Å². The molecule has 0 aliphatic carbocycles. The second-order valence-corrected chi connectivity index (χ2v) is 6.11. The summed E-state index contributed by atoms with van der Waals surface area (Å²) in [6.07, 6.45) is 1.47. The molecular weight excluding hydrogens is 258 g/mol. The Labute approximate surface area is 121 Å². The largest absolute Gasteiger partial charge is 0.444 e. The molecule has 6 nitrogen and oxygen atoms in total. The maximum atomic E-state index is 12.1. The summed E-state index contributed by atoms with van der Waals surface area (Å²) in [5.74, 6) is -0.0662. The lowest BCUT2D eigenvalue weighted by atomic mass is 10.0. The van der Waals surface area contributed by atoms with E-state index in [9.17, 15) is 9.59 Å². The number of hydrogen-bond acceptors (Lipinski definition) is 4. The van der Waals surface area contributed by atoms with E-state index in [4.69, 9.17) is 10.5 Å². The number of amides is 2. The van der Waals surface area contributed by atoms with Gasteiger partial charge >= 0.3 is 6.09 Å². The van der Waals surface area contributed by atoms with Crippen molar-refractivity contribution in [1.82, 2.24) is 9.80 Å². The van der Waals surface area contributed by atoms with Crippen LogP contribution in [-0.4, -0.2) is 59.6 Å². The van der Waals surface area contributed by atoms with Gasteiger partial charge in [0.15, 0.2) is 0 Å². The third-order valence-electron chi connectivity index (χ3n) is 3.32. The van der Waals surface area contributed by atoms with Crippen molar-refractivity contribution < 1.29 is 14.3 Å². The van der Waals surface area contributed by atoms with Crippen LogP contribution in [0.1, 0.15) is 40.5 Å². The van der Waals surface area contributed by atoms with E-state index in [1.807, 2.05) is 27.7 Å². The Bertz CT molecular complexity index is 352. The number of piperidine rings is 1. The minimum absolute atomic E-state index is 0.0107. The van der Waals surface area contributed by atoms with E-state index in [1.165, 1.54) is 0 Å². The van der Waals surface area contributed by atoms with Gasteiger partial charge in [0.2, 0.25) is 5.91 Å². The molecule has 0 unspecified atom stereocenters. The third kappa shape index (κ3) is 4.67. The van der Waals surface area contributed by atoms with E-state index in [0.29, 0.717) is 19.6 Å². The maximum Gasteiger partial charge on any atom is 0.410 e. The highest BCUT2D eigenvalue weighted by atomic mass is 16.6. The number of rotatable bonds is 3. The van der Waals surface area contributed by atoms with E-state index >= 15 is 0 Å². The molecule has 0 bridgehead atoms. The summed E-state index contributed by atoms with van der Waals surface area (Å²) in [7, 11) is 0. The van der Waals surface area contributed by atoms with Crippen molar-refractivity contribution in [1.29, 1.82) is 0 Å². The van der Waals surface area contributed by atoms with E-state index < -0.39 is 5.60 Å². The smallest absolute Gasteiger partial charge is 0.410 e. The molecule has 6 heteroatoms. The van der Waals surface area contributed by atoms with Crippen LogP contribution >= 0.6 is 0 Å². The molecule has 0 spiro atoms. The molecule has 0 aromatic rings. The van der Waals surface area contributed by atoms with Gasteiger partial charge in [-0.25, -0.2) is 4.79 Å². The second kappa shape index (κ2) is 6.92. The highest BCUT2D eigenvalue weighted by Gasteiger charge is 2.31. The first-order valence-corrected chi connectivity index (χ1v) is 7.26. The van der Waals surface area contributed by atoms with E-state index in [-0.39, 0.29) is 24.6 Å². The monoisotopic (exact) mass is 285 g/mol. The molecule has 0 saturated carbocycles. The highest BCUT2D eigenvalue weighted by molar-refractivity contribution is 5.78. The Morgan fingerprint density at radius 2 is 2.05 bits per heavy atom. The van der Waals surface area contributed by atoms with Gasteiger partial charge in [-0.2, -0.15) is 0 Å². The predicted molar refractivity (Wildman–Crippen MR) is 77.3 cm³/mol. The van der Waals surface area contributed by atoms with Crippen molar-refractivity contribution in [3.05, 3.63) is 0 Å². The zero-order valence-electron chi connectivity index (χ0n) is 13.0. The first-order chi connectivity index (χ1) is 9.28. The van der Waals surface area contributed by atoms with Gasteiger partial charge in [0.05, 0.1) is 6.54 Å². The van der Waals surface area contributed by atoms with Crippen molar-refractivity contribution in [3.63, 3.8) is 0 Å². The summed E-state index contributed by atoms with van der Waals surface area (Å²) >= 11 is 0. The van der Waals surface area contributed by atoms with Crippen LogP contribution in [0, 0.1) is 0 Å². The second-order valence-electron chi connectivity index (χ2n) is 6.11. The van der Waals surface area contributed by atoms with Gasteiger partial charge in [-0.05, 0) is 40.5 Å². The van der Waals surface area contributed by atoms with Crippen molar-refractivity contribution in [3.8, 4) is 0 Å². The molecule has 0 aromatic heterocycles. The maximum absolute atomic E-state index is 12.1. The van der Waals surface area contributed by atoms with Gasteiger partial charge in [0.1, 0.15) is 5.60 Å². The molecule has 1 aliphatic rings. The zero-order valence-corrected chi connectivity index (χ0v) is 13.0. The summed E-state index contributed by atoms with van der Waals surface area (Å²) in [4.78, 5) is 27.3. The fourth-order valence-corrected chi connectivity index (χ4v) is 2.46. The number of nitrogens with zero attached hydrogens (tertiary/aromatic N) is 2. The third-order valence-corrected chi connectivity index (χ3v) is 3.32. The normalized spacial score (nSPS) is 19.6. The Kier molecular flexibility index (Phi) is 5.80.